The third-order valence-electron chi connectivity index (χ3n) is 4.76. The molecule has 1 aromatic carbocycles. The van der Waals surface area contributed by atoms with Crippen LogP contribution in [0.3, 0.4) is 0 Å². The number of rotatable bonds is 4. The van der Waals surface area contributed by atoms with Crippen molar-refractivity contribution in [3.63, 3.8) is 0 Å². The van der Waals surface area contributed by atoms with E-state index in [2.05, 4.69) is 4.90 Å². The minimum absolute atomic E-state index is 0.103. The van der Waals surface area contributed by atoms with E-state index in [9.17, 15) is 9.90 Å². The highest BCUT2D eigenvalue weighted by Gasteiger charge is 2.27. The molecule has 24 heavy (non-hydrogen) atoms. The first-order valence-electron chi connectivity index (χ1n) is 8.71. The lowest BCUT2D eigenvalue weighted by molar-refractivity contribution is -0.134. The van der Waals surface area contributed by atoms with Gasteiger partial charge in [-0.2, -0.15) is 0 Å². The molecule has 2 fully saturated rings. The van der Waals surface area contributed by atoms with Crippen LogP contribution in [-0.4, -0.2) is 65.7 Å². The van der Waals surface area contributed by atoms with E-state index in [-0.39, 0.29) is 18.1 Å². The van der Waals surface area contributed by atoms with Crippen LogP contribution < -0.4 is 4.74 Å². The molecule has 3 rings (SSSR count). The summed E-state index contributed by atoms with van der Waals surface area (Å²) >= 11 is 6.13. The van der Waals surface area contributed by atoms with Gasteiger partial charge in [-0.1, -0.05) is 23.7 Å². The molecule has 1 aromatic rings. The van der Waals surface area contributed by atoms with Gasteiger partial charge in [-0.25, -0.2) is 0 Å². The Morgan fingerprint density at radius 3 is 2.67 bits per heavy atom. The maximum Gasteiger partial charge on any atom is 0.236 e. The molecule has 2 saturated heterocycles. The zero-order chi connectivity index (χ0) is 16.9. The number of ether oxygens (including phenoxy) is 1. The smallest absolute Gasteiger partial charge is 0.236 e. The van der Waals surface area contributed by atoms with E-state index in [0.29, 0.717) is 37.0 Å². The van der Waals surface area contributed by atoms with E-state index in [0.717, 1.165) is 32.2 Å². The van der Waals surface area contributed by atoms with Crippen molar-refractivity contribution in [2.45, 2.75) is 37.9 Å². The van der Waals surface area contributed by atoms with E-state index in [1.807, 2.05) is 29.2 Å². The van der Waals surface area contributed by atoms with Crippen molar-refractivity contribution in [2.75, 3.05) is 32.7 Å². The molecule has 0 radical (unpaired) electrons. The Labute approximate surface area is 148 Å². The molecule has 2 heterocycles. The predicted molar refractivity (Wildman–Crippen MR) is 93.4 cm³/mol. The lowest BCUT2D eigenvalue weighted by Gasteiger charge is -2.35. The van der Waals surface area contributed by atoms with Gasteiger partial charge in [-0.3, -0.25) is 9.69 Å². The fourth-order valence-electron chi connectivity index (χ4n) is 3.41. The summed E-state index contributed by atoms with van der Waals surface area (Å²) in [5, 5.41) is 10.3. The van der Waals surface area contributed by atoms with Gasteiger partial charge in [0.2, 0.25) is 5.91 Å². The molecule has 1 atom stereocenters. The molecule has 1 N–H and O–H groups in total. The molecule has 0 saturated carbocycles. The average Bonchev–Trinajstić information content (AvgIpc) is 2.57. The number of aliphatic hydroxyl groups is 1. The second-order valence-corrected chi connectivity index (χ2v) is 7.07. The van der Waals surface area contributed by atoms with Crippen molar-refractivity contribution >= 4 is 17.5 Å². The maximum atomic E-state index is 12.4. The molecule has 1 amide bonds. The van der Waals surface area contributed by atoms with Crippen LogP contribution in [0, 0.1) is 0 Å². The lowest BCUT2D eigenvalue weighted by atomic mass is 10.1. The van der Waals surface area contributed by atoms with Crippen molar-refractivity contribution in [2.24, 2.45) is 0 Å². The number of hydrogen-bond acceptors (Lipinski definition) is 4. The van der Waals surface area contributed by atoms with Crippen molar-refractivity contribution in [3.05, 3.63) is 29.3 Å². The van der Waals surface area contributed by atoms with Crippen molar-refractivity contribution in [1.82, 2.24) is 9.80 Å². The van der Waals surface area contributed by atoms with E-state index in [1.165, 1.54) is 0 Å². The number of carbonyl (C=O) groups is 1. The van der Waals surface area contributed by atoms with Crippen LogP contribution in [0.2, 0.25) is 5.02 Å². The third kappa shape index (κ3) is 4.62. The van der Waals surface area contributed by atoms with E-state index < -0.39 is 0 Å². The fourth-order valence-corrected chi connectivity index (χ4v) is 3.59. The quantitative estimate of drug-likeness (QED) is 0.902. The molecule has 6 heteroatoms. The average molecular weight is 353 g/mol. The van der Waals surface area contributed by atoms with Gasteiger partial charge < -0.3 is 14.7 Å². The van der Waals surface area contributed by atoms with Gasteiger partial charge in [-0.05, 0) is 31.5 Å². The third-order valence-corrected chi connectivity index (χ3v) is 5.08. The molecule has 0 aromatic heterocycles. The summed E-state index contributed by atoms with van der Waals surface area (Å²) in [5.41, 5.74) is 0. The highest BCUT2D eigenvalue weighted by Crippen LogP contribution is 2.26. The number of amides is 1. The molecule has 0 spiro atoms. The minimum Gasteiger partial charge on any atom is -0.489 e. The van der Waals surface area contributed by atoms with E-state index >= 15 is 0 Å². The maximum absolute atomic E-state index is 12.4. The van der Waals surface area contributed by atoms with E-state index in [4.69, 9.17) is 16.3 Å². The summed E-state index contributed by atoms with van der Waals surface area (Å²) in [7, 11) is 0. The van der Waals surface area contributed by atoms with Crippen LogP contribution in [0.5, 0.6) is 5.75 Å². The first-order valence-corrected chi connectivity index (χ1v) is 9.09. The molecular weight excluding hydrogens is 328 g/mol. The van der Waals surface area contributed by atoms with Gasteiger partial charge >= 0.3 is 0 Å². The Bertz CT molecular complexity index is 561. The Hall–Kier alpha value is -1.30. The molecule has 5 nitrogen and oxygen atoms in total. The first-order chi connectivity index (χ1) is 11.6. The largest absolute Gasteiger partial charge is 0.489 e. The zero-order valence-electron chi connectivity index (χ0n) is 13.9. The molecule has 2 aliphatic heterocycles. The zero-order valence-corrected chi connectivity index (χ0v) is 14.6. The molecule has 132 valence electrons. The summed E-state index contributed by atoms with van der Waals surface area (Å²) in [6.07, 6.45) is 3.25. The molecule has 0 unspecified atom stereocenters. The van der Waals surface area contributed by atoms with Crippen LogP contribution in [0.4, 0.5) is 0 Å². The summed E-state index contributed by atoms with van der Waals surface area (Å²) in [6, 6.07) is 7.49. The number of carbonyl (C=O) groups excluding carboxylic acids is 1. The first kappa shape index (κ1) is 17.5. The number of piperidine rings is 2. The Balaban J connectivity index is 1.44. The van der Waals surface area contributed by atoms with Gasteiger partial charge in [0, 0.05) is 32.5 Å². The SMILES string of the molecule is O=C(CN1CCC[C@H](O)C1)N1CCC(Oc2ccccc2Cl)CC1. The van der Waals surface area contributed by atoms with Crippen molar-refractivity contribution in [3.8, 4) is 5.75 Å². The molecular formula is C18H25ClN2O3. The monoisotopic (exact) mass is 352 g/mol. The number of likely N-dealkylation sites (tertiary alicyclic amines) is 2. The van der Waals surface area contributed by atoms with Gasteiger partial charge in [0.05, 0.1) is 17.7 Å². The predicted octanol–water partition coefficient (Wildman–Crippen LogP) is 2.17. The molecule has 0 bridgehead atoms. The summed E-state index contributed by atoms with van der Waals surface area (Å²) in [4.78, 5) is 16.4. The molecule has 0 aliphatic carbocycles. The van der Waals surface area contributed by atoms with Crippen molar-refractivity contribution < 1.29 is 14.6 Å². The van der Waals surface area contributed by atoms with Crippen LogP contribution in [0.15, 0.2) is 24.3 Å². The minimum atomic E-state index is -0.290. The van der Waals surface area contributed by atoms with Gasteiger partial charge in [0.1, 0.15) is 11.9 Å². The van der Waals surface area contributed by atoms with Crippen LogP contribution in [-0.2, 0) is 4.79 Å². The van der Waals surface area contributed by atoms with Gasteiger partial charge in [0.15, 0.2) is 0 Å². The fraction of sp³-hybridized carbons (Fsp3) is 0.611. The number of β-amino-alcohol motifs (C(OH)–C–C–N with tert-alkyl or cyclic N) is 1. The van der Waals surface area contributed by atoms with E-state index in [1.54, 1.807) is 0 Å². The number of nitrogens with zero attached hydrogens (tertiary/aromatic N) is 2. The number of aliphatic hydroxyl groups excluding tert-OH is 1. The number of hydrogen-bond donors (Lipinski definition) is 1. The Morgan fingerprint density at radius 2 is 1.96 bits per heavy atom. The number of halogens is 1. The standard InChI is InChI=1S/C18H25ClN2O3/c19-16-5-1-2-6-17(16)24-15-7-10-21(11-8-15)18(23)13-20-9-3-4-14(22)12-20/h1-2,5-6,14-15,22H,3-4,7-13H2/t14-/m0/s1. The molecule has 2 aliphatic rings. The number of benzene rings is 1. The lowest BCUT2D eigenvalue weighted by Crippen LogP contribution is -2.48. The van der Waals surface area contributed by atoms with Crippen LogP contribution >= 0.6 is 11.6 Å². The Morgan fingerprint density at radius 1 is 1.21 bits per heavy atom. The topological polar surface area (TPSA) is 53.0 Å². The normalized spacial score (nSPS) is 23.2. The highest BCUT2D eigenvalue weighted by molar-refractivity contribution is 6.32. The van der Waals surface area contributed by atoms with Crippen molar-refractivity contribution in [1.29, 1.82) is 0 Å². The van der Waals surface area contributed by atoms with Crippen LogP contribution in [0.1, 0.15) is 25.7 Å². The Kier molecular flexibility index (Phi) is 5.98. The summed E-state index contributed by atoms with van der Waals surface area (Å²) < 4.78 is 5.96. The second kappa shape index (κ2) is 8.19. The van der Waals surface area contributed by atoms with Gasteiger partial charge in [-0.15, -0.1) is 0 Å². The summed E-state index contributed by atoms with van der Waals surface area (Å²) in [5.74, 6) is 0.867. The van der Waals surface area contributed by atoms with Gasteiger partial charge in [0.25, 0.3) is 0 Å². The number of para-hydroxylation sites is 1. The summed E-state index contributed by atoms with van der Waals surface area (Å²) in [6.45, 7) is 3.34. The highest BCUT2D eigenvalue weighted by atomic mass is 35.5. The second-order valence-electron chi connectivity index (χ2n) is 6.66. The van der Waals surface area contributed by atoms with Crippen LogP contribution in [0.25, 0.3) is 0 Å².